The quantitative estimate of drug-likeness (QED) is 0.102. The van der Waals surface area contributed by atoms with Crippen LogP contribution in [-0.2, 0) is 4.79 Å². The van der Waals surface area contributed by atoms with Gasteiger partial charge in [0.2, 0.25) is 0 Å². The van der Waals surface area contributed by atoms with Gasteiger partial charge in [-0.05, 0) is 27.2 Å². The molecule has 0 aliphatic carbocycles. The molecule has 0 spiro atoms. The zero-order chi connectivity index (χ0) is 26.0. The Morgan fingerprint density at radius 1 is 1.27 bits per heavy atom. The molecule has 1 aliphatic heterocycles. The normalized spacial score (nSPS) is 18.2. The second-order valence-corrected chi connectivity index (χ2v) is 8.56. The van der Waals surface area contributed by atoms with Gasteiger partial charge < -0.3 is 46.2 Å². The first-order chi connectivity index (χ1) is 15.0. The summed E-state index contributed by atoms with van der Waals surface area (Å²) < 4.78 is -2.12. The minimum Gasteiger partial charge on any atom is -0.369 e. The molecule has 1 amide bonds. The minimum absolute atomic E-state index is 0.0481. The molecule has 0 aromatic rings. The lowest BCUT2D eigenvalue weighted by atomic mass is 10.00. The average Bonchev–Trinajstić information content (AvgIpc) is 2.73. The van der Waals surface area contributed by atoms with Gasteiger partial charge in [-0.1, -0.05) is 13.8 Å². The fraction of sp³-hybridized carbons (Fsp3) is 0.750. The number of amides is 1. The van der Waals surface area contributed by atoms with E-state index in [1.807, 2.05) is 13.8 Å². The Bertz CT molecular complexity index is 846. The van der Waals surface area contributed by atoms with Crippen LogP contribution < -0.4 is 10.6 Å². The largest absolute Gasteiger partial charge is 0.398 e. The summed E-state index contributed by atoms with van der Waals surface area (Å²) >= 11 is 0. The SMILES string of the molecule is CCC(N(C)C1=NCNC(NC(C)C)=C1C)C(O)(O)[N+](C)(C(=O)C(O)(O)C#N)C(O)(O)CC. The number of aliphatic imine (C=N–C) groups is 1. The number of nitrogens with zero attached hydrogens (tertiary/aromatic N) is 4. The molecule has 1 aliphatic rings. The lowest BCUT2D eigenvalue weighted by Gasteiger charge is -2.52. The first kappa shape index (κ1) is 28.7. The van der Waals surface area contributed by atoms with Crippen LogP contribution in [0.15, 0.2) is 16.4 Å². The van der Waals surface area contributed by atoms with Crippen molar-refractivity contribution in [1.29, 1.82) is 5.26 Å². The third kappa shape index (κ3) is 4.97. The number of aliphatic hydroxyl groups is 6. The van der Waals surface area contributed by atoms with E-state index in [4.69, 9.17) is 5.26 Å². The second-order valence-electron chi connectivity index (χ2n) is 8.56. The average molecular weight is 474 g/mol. The topological polar surface area (TPSA) is 202 Å². The first-order valence-corrected chi connectivity index (χ1v) is 10.6. The van der Waals surface area contributed by atoms with E-state index in [1.165, 1.54) is 18.9 Å². The van der Waals surface area contributed by atoms with Crippen molar-refractivity contribution in [3.05, 3.63) is 11.4 Å². The first-order valence-electron chi connectivity index (χ1n) is 10.6. The molecule has 13 heteroatoms. The molecule has 188 valence electrons. The van der Waals surface area contributed by atoms with Gasteiger partial charge in [-0.2, -0.15) is 9.74 Å². The van der Waals surface area contributed by atoms with E-state index in [1.54, 1.807) is 13.8 Å². The Kier molecular flexibility index (Phi) is 8.61. The van der Waals surface area contributed by atoms with Crippen LogP contribution >= 0.6 is 0 Å². The van der Waals surface area contributed by atoms with Gasteiger partial charge >= 0.3 is 23.5 Å². The van der Waals surface area contributed by atoms with Crippen molar-refractivity contribution in [1.82, 2.24) is 15.5 Å². The molecule has 0 radical (unpaired) electrons. The summed E-state index contributed by atoms with van der Waals surface area (Å²) in [5, 5.41) is 78.9. The Hall–Kier alpha value is -2.31. The van der Waals surface area contributed by atoms with Crippen LogP contribution in [0, 0.1) is 11.3 Å². The summed E-state index contributed by atoms with van der Waals surface area (Å²) in [4.78, 5) is 18.7. The number of carbonyl (C=O) groups is 1. The Morgan fingerprint density at radius 2 is 1.82 bits per heavy atom. The molecule has 0 aromatic heterocycles. The molecule has 0 saturated carbocycles. The van der Waals surface area contributed by atoms with Crippen LogP contribution in [0.4, 0.5) is 0 Å². The Balaban J connectivity index is 3.65. The zero-order valence-electron chi connectivity index (χ0n) is 20.2. The van der Waals surface area contributed by atoms with Gasteiger partial charge in [0.05, 0.1) is 13.5 Å². The summed E-state index contributed by atoms with van der Waals surface area (Å²) in [6.45, 7) is 8.58. The predicted octanol–water partition coefficient (Wildman–Crippen LogP) is -2.25. The van der Waals surface area contributed by atoms with E-state index in [9.17, 15) is 35.4 Å². The molecule has 1 heterocycles. The summed E-state index contributed by atoms with van der Waals surface area (Å²) in [6, 6.07) is -0.396. The number of hydrogen-bond acceptors (Lipinski definition) is 12. The third-order valence-corrected chi connectivity index (χ3v) is 5.97. The number of nitriles is 1. The van der Waals surface area contributed by atoms with E-state index in [0.717, 1.165) is 6.07 Å². The number of quaternary nitrogens is 1. The van der Waals surface area contributed by atoms with Crippen LogP contribution in [0.2, 0.25) is 0 Å². The van der Waals surface area contributed by atoms with Crippen LogP contribution in [0.1, 0.15) is 47.5 Å². The van der Waals surface area contributed by atoms with Crippen molar-refractivity contribution >= 4 is 11.7 Å². The molecular formula is C20H37N6O7+. The van der Waals surface area contributed by atoms with Gasteiger partial charge in [0.15, 0.2) is 0 Å². The molecule has 33 heavy (non-hydrogen) atoms. The molecule has 0 fully saturated rings. The Labute approximate surface area is 193 Å². The predicted molar refractivity (Wildman–Crippen MR) is 117 cm³/mol. The highest BCUT2D eigenvalue weighted by Crippen LogP contribution is 2.37. The van der Waals surface area contributed by atoms with Gasteiger partial charge in [0.1, 0.15) is 30.4 Å². The minimum atomic E-state index is -3.73. The molecule has 2 atom stereocenters. The molecule has 2 unspecified atom stereocenters. The number of hydrogen-bond donors (Lipinski definition) is 8. The zero-order valence-corrected chi connectivity index (χ0v) is 20.2. The van der Waals surface area contributed by atoms with Crippen LogP contribution in [0.5, 0.6) is 0 Å². The highest BCUT2D eigenvalue weighted by Gasteiger charge is 2.71. The van der Waals surface area contributed by atoms with E-state index < -0.39 is 40.5 Å². The summed E-state index contributed by atoms with van der Waals surface area (Å²) in [5.74, 6) is -11.2. The monoisotopic (exact) mass is 473 g/mol. The van der Waals surface area contributed by atoms with Crippen molar-refractivity contribution in [3.8, 4) is 6.07 Å². The summed E-state index contributed by atoms with van der Waals surface area (Å²) in [7, 11) is 2.18. The van der Waals surface area contributed by atoms with Gasteiger partial charge in [-0.25, -0.2) is 9.79 Å². The fourth-order valence-corrected chi connectivity index (χ4v) is 3.89. The van der Waals surface area contributed by atoms with Gasteiger partial charge in [-0.3, -0.25) is 0 Å². The third-order valence-electron chi connectivity index (χ3n) is 5.97. The number of carbonyl (C=O) groups excluding carboxylic acids is 1. The maximum Gasteiger partial charge on any atom is 0.398 e. The van der Waals surface area contributed by atoms with Crippen molar-refractivity contribution in [2.45, 2.75) is 77.2 Å². The second kappa shape index (κ2) is 9.90. The highest BCUT2D eigenvalue weighted by atomic mass is 16.6. The fourth-order valence-electron chi connectivity index (χ4n) is 3.89. The maximum absolute atomic E-state index is 13.0. The number of likely N-dealkylation sites (N-methyl/N-ethyl adjacent to an activating group) is 2. The summed E-state index contributed by atoms with van der Waals surface area (Å²) in [6.07, 6.45) is -0.667. The molecule has 0 saturated heterocycles. The van der Waals surface area contributed by atoms with Crippen LogP contribution in [0.25, 0.3) is 0 Å². The van der Waals surface area contributed by atoms with Crippen molar-refractivity contribution in [3.63, 3.8) is 0 Å². The molecular weight excluding hydrogens is 436 g/mol. The molecule has 1 rings (SSSR count). The van der Waals surface area contributed by atoms with Crippen LogP contribution in [-0.4, -0.2) is 102 Å². The molecule has 0 bridgehead atoms. The van der Waals surface area contributed by atoms with Gasteiger partial charge in [0.25, 0.3) is 0 Å². The highest BCUT2D eigenvalue weighted by molar-refractivity contribution is 5.99. The number of nitrogens with one attached hydrogen (secondary N) is 2. The van der Waals surface area contributed by atoms with E-state index in [-0.39, 0.29) is 19.1 Å². The van der Waals surface area contributed by atoms with Gasteiger partial charge in [0, 0.05) is 18.7 Å². The van der Waals surface area contributed by atoms with Crippen molar-refractivity contribution in [2.24, 2.45) is 4.99 Å². The van der Waals surface area contributed by atoms with Crippen molar-refractivity contribution < 1.29 is 39.9 Å². The molecule has 8 N–H and O–H groups in total. The number of amidine groups is 1. The lowest BCUT2D eigenvalue weighted by molar-refractivity contribution is -1.04. The van der Waals surface area contributed by atoms with Gasteiger partial charge in [-0.15, -0.1) is 0 Å². The number of rotatable bonds is 9. The summed E-state index contributed by atoms with van der Waals surface area (Å²) in [5.41, 5.74) is 0.623. The van der Waals surface area contributed by atoms with E-state index in [2.05, 4.69) is 15.6 Å². The lowest BCUT2D eigenvalue weighted by Crippen LogP contribution is -2.83. The smallest absolute Gasteiger partial charge is 0.369 e. The molecule has 13 nitrogen and oxygen atoms in total. The van der Waals surface area contributed by atoms with E-state index >= 15 is 0 Å². The Morgan fingerprint density at radius 3 is 2.24 bits per heavy atom. The van der Waals surface area contributed by atoms with Crippen molar-refractivity contribution in [2.75, 3.05) is 20.8 Å². The van der Waals surface area contributed by atoms with Crippen LogP contribution in [0.3, 0.4) is 0 Å². The molecule has 0 aromatic carbocycles. The van der Waals surface area contributed by atoms with E-state index in [0.29, 0.717) is 24.3 Å². The standard InChI is InChI=1S/C20H37N6O7/c1-8-14(25(6)16-13(5)15(22-11-23-16)24-12(3)4)20(32,33)26(7,19(30,31)9-2)17(27)18(28,29)10-21/h12,14,22,24,28-33H,8-9,11H2,1-7H3/q+1. The maximum atomic E-state index is 13.0.